The number of hydrogen-bond donors (Lipinski definition) is 2. The summed E-state index contributed by atoms with van der Waals surface area (Å²) in [6.07, 6.45) is 4.51. The minimum atomic E-state index is -3.10. The molecule has 1 saturated heterocycles. The van der Waals surface area contributed by atoms with Gasteiger partial charge < -0.3 is 10.6 Å². The first kappa shape index (κ1) is 22.4. The van der Waals surface area contributed by atoms with Crippen LogP contribution < -0.4 is 10.6 Å². The average Bonchev–Trinajstić information content (AvgIpc) is 3.48. The van der Waals surface area contributed by atoms with Gasteiger partial charge in [-0.25, -0.2) is 12.7 Å². The van der Waals surface area contributed by atoms with Crippen LogP contribution in [0.3, 0.4) is 0 Å². The van der Waals surface area contributed by atoms with E-state index < -0.39 is 10.0 Å². The van der Waals surface area contributed by atoms with Crippen molar-refractivity contribution in [2.45, 2.75) is 57.4 Å². The van der Waals surface area contributed by atoms with Gasteiger partial charge in [-0.3, -0.25) is 4.99 Å². The average molecular weight is 441 g/mol. The molecule has 1 aromatic carbocycles. The van der Waals surface area contributed by atoms with E-state index in [1.165, 1.54) is 5.56 Å². The summed E-state index contributed by atoms with van der Waals surface area (Å²) < 4.78 is 26.1. The van der Waals surface area contributed by atoms with Gasteiger partial charge >= 0.3 is 0 Å². The Hall–Kier alpha value is -1.31. The Labute approximate surface area is 180 Å². The van der Waals surface area contributed by atoms with Crippen LogP contribution in [0.2, 0.25) is 5.02 Å². The molecule has 1 aliphatic heterocycles. The van der Waals surface area contributed by atoms with E-state index in [1.54, 1.807) is 4.31 Å². The number of aliphatic imine (C=N–C) groups is 1. The summed E-state index contributed by atoms with van der Waals surface area (Å²) in [5.74, 6) is 1.05. The van der Waals surface area contributed by atoms with Gasteiger partial charge in [0.2, 0.25) is 10.0 Å². The fourth-order valence-electron chi connectivity index (χ4n) is 3.92. The summed E-state index contributed by atoms with van der Waals surface area (Å²) in [7, 11) is -3.10. The van der Waals surface area contributed by atoms with Crippen LogP contribution in [-0.4, -0.2) is 56.7 Å². The van der Waals surface area contributed by atoms with E-state index in [1.807, 2.05) is 19.1 Å². The van der Waals surface area contributed by atoms with Gasteiger partial charge in [0.25, 0.3) is 0 Å². The predicted molar refractivity (Wildman–Crippen MR) is 120 cm³/mol. The van der Waals surface area contributed by atoms with Gasteiger partial charge in [-0.2, -0.15) is 0 Å². The Morgan fingerprint density at radius 1 is 1.28 bits per heavy atom. The zero-order valence-electron chi connectivity index (χ0n) is 17.5. The smallest absolute Gasteiger partial charge is 0.214 e. The first-order chi connectivity index (χ1) is 13.9. The normalized spacial score (nSPS) is 20.4. The van der Waals surface area contributed by atoms with Crippen LogP contribution in [-0.2, 0) is 15.4 Å². The summed E-state index contributed by atoms with van der Waals surface area (Å²) in [6.45, 7) is 6.63. The lowest BCUT2D eigenvalue weighted by molar-refractivity contribution is 0.306. The van der Waals surface area contributed by atoms with Crippen LogP contribution in [0.25, 0.3) is 0 Å². The summed E-state index contributed by atoms with van der Waals surface area (Å²) in [5, 5.41) is 7.62. The molecular formula is C21H33ClN4O2S. The molecule has 0 unspecified atom stereocenters. The van der Waals surface area contributed by atoms with Crippen LogP contribution in [0.15, 0.2) is 29.3 Å². The Kier molecular flexibility index (Phi) is 7.46. The van der Waals surface area contributed by atoms with E-state index in [0.717, 1.165) is 49.8 Å². The predicted octanol–water partition coefficient (Wildman–Crippen LogP) is 3.13. The fourth-order valence-corrected chi connectivity index (χ4v) is 5.65. The number of nitrogens with one attached hydrogen (secondary N) is 2. The van der Waals surface area contributed by atoms with Gasteiger partial charge in [-0.1, -0.05) is 30.7 Å². The minimum absolute atomic E-state index is 0.102. The lowest BCUT2D eigenvalue weighted by atomic mass is 9.96. The van der Waals surface area contributed by atoms with Crippen molar-refractivity contribution >= 4 is 27.6 Å². The molecule has 8 heteroatoms. The number of hydrogen-bond acceptors (Lipinski definition) is 3. The number of benzene rings is 1. The summed E-state index contributed by atoms with van der Waals surface area (Å²) in [5.41, 5.74) is 1.37. The molecule has 1 saturated carbocycles. The van der Waals surface area contributed by atoms with Crippen molar-refractivity contribution in [1.82, 2.24) is 14.9 Å². The highest BCUT2D eigenvalue weighted by Gasteiger charge is 2.44. The highest BCUT2D eigenvalue weighted by molar-refractivity contribution is 7.89. The van der Waals surface area contributed by atoms with E-state index in [0.29, 0.717) is 19.5 Å². The van der Waals surface area contributed by atoms with Crippen molar-refractivity contribution in [3.05, 3.63) is 34.9 Å². The van der Waals surface area contributed by atoms with Crippen molar-refractivity contribution < 1.29 is 8.42 Å². The Morgan fingerprint density at radius 2 is 2.00 bits per heavy atom. The molecule has 1 aromatic rings. The van der Waals surface area contributed by atoms with Gasteiger partial charge in [-0.05, 0) is 56.7 Å². The number of sulfonamides is 1. The van der Waals surface area contributed by atoms with E-state index in [-0.39, 0.29) is 17.2 Å². The first-order valence-electron chi connectivity index (χ1n) is 10.7. The topological polar surface area (TPSA) is 73.8 Å². The molecule has 162 valence electrons. The van der Waals surface area contributed by atoms with Gasteiger partial charge in [0.05, 0.1) is 12.3 Å². The zero-order chi connectivity index (χ0) is 20.9. The molecular weight excluding hydrogens is 408 g/mol. The molecule has 1 aliphatic carbocycles. The van der Waals surface area contributed by atoms with Crippen molar-refractivity contribution in [2.24, 2.45) is 4.99 Å². The maximum atomic E-state index is 12.3. The molecule has 3 rings (SSSR count). The van der Waals surface area contributed by atoms with Crippen molar-refractivity contribution in [3.63, 3.8) is 0 Å². The highest BCUT2D eigenvalue weighted by atomic mass is 35.5. The standard InChI is InChI=1S/C21H33ClN4O2S/c1-3-14-29(27,28)26-12-8-19(9-13-26)25-20(23-4-2)24-16-21(10-11-21)17-6-5-7-18(22)15-17/h5-7,15,19H,3-4,8-14,16H2,1-2H3,(H2,23,24,25). The van der Waals surface area contributed by atoms with Crippen LogP contribution in [0.4, 0.5) is 0 Å². The molecule has 1 heterocycles. The molecule has 0 aromatic heterocycles. The third-order valence-corrected chi connectivity index (χ3v) is 8.14. The van der Waals surface area contributed by atoms with Gasteiger partial charge in [0.1, 0.15) is 0 Å². The van der Waals surface area contributed by atoms with Crippen molar-refractivity contribution in [1.29, 1.82) is 0 Å². The Morgan fingerprint density at radius 3 is 2.59 bits per heavy atom. The minimum Gasteiger partial charge on any atom is -0.357 e. The van der Waals surface area contributed by atoms with Crippen LogP contribution in [0.1, 0.15) is 51.5 Å². The molecule has 0 atom stereocenters. The second-order valence-electron chi connectivity index (χ2n) is 8.12. The van der Waals surface area contributed by atoms with E-state index in [4.69, 9.17) is 16.6 Å². The van der Waals surface area contributed by atoms with Crippen LogP contribution in [0.5, 0.6) is 0 Å². The molecule has 0 bridgehead atoms. The first-order valence-corrected chi connectivity index (χ1v) is 12.7. The monoisotopic (exact) mass is 440 g/mol. The number of halogens is 1. The number of piperidine rings is 1. The largest absolute Gasteiger partial charge is 0.357 e. The summed E-state index contributed by atoms with van der Waals surface area (Å²) in [4.78, 5) is 4.86. The van der Waals surface area contributed by atoms with Crippen molar-refractivity contribution in [3.8, 4) is 0 Å². The number of guanidine groups is 1. The lowest BCUT2D eigenvalue weighted by Gasteiger charge is -2.32. The second-order valence-corrected chi connectivity index (χ2v) is 10.6. The van der Waals surface area contributed by atoms with Gasteiger partial charge in [-0.15, -0.1) is 0 Å². The molecule has 29 heavy (non-hydrogen) atoms. The third kappa shape index (κ3) is 5.86. The fraction of sp³-hybridized carbons (Fsp3) is 0.667. The molecule has 2 fully saturated rings. The van der Waals surface area contributed by atoms with E-state index in [9.17, 15) is 8.42 Å². The molecule has 0 amide bonds. The Bertz CT molecular complexity index is 816. The van der Waals surface area contributed by atoms with Crippen LogP contribution in [0, 0.1) is 0 Å². The Balaban J connectivity index is 1.58. The van der Waals surface area contributed by atoms with Gasteiger partial charge in [0, 0.05) is 36.1 Å². The molecule has 2 N–H and O–H groups in total. The van der Waals surface area contributed by atoms with E-state index >= 15 is 0 Å². The number of nitrogens with zero attached hydrogens (tertiary/aromatic N) is 2. The van der Waals surface area contributed by atoms with E-state index in [2.05, 4.69) is 29.7 Å². The molecule has 0 radical (unpaired) electrons. The summed E-state index contributed by atoms with van der Waals surface area (Å²) >= 11 is 6.18. The second kappa shape index (κ2) is 9.67. The molecule has 0 spiro atoms. The maximum Gasteiger partial charge on any atom is 0.214 e. The molecule has 2 aliphatic rings. The lowest BCUT2D eigenvalue weighted by Crippen LogP contribution is -2.50. The van der Waals surface area contributed by atoms with Crippen molar-refractivity contribution in [2.75, 3.05) is 31.9 Å². The third-order valence-electron chi connectivity index (χ3n) is 5.82. The van der Waals surface area contributed by atoms with Crippen LogP contribution >= 0.6 is 11.6 Å². The highest BCUT2D eigenvalue weighted by Crippen LogP contribution is 2.48. The number of rotatable bonds is 8. The quantitative estimate of drug-likeness (QED) is 0.481. The summed E-state index contributed by atoms with van der Waals surface area (Å²) in [6, 6.07) is 8.34. The zero-order valence-corrected chi connectivity index (χ0v) is 19.0. The van der Waals surface area contributed by atoms with Gasteiger partial charge in [0.15, 0.2) is 5.96 Å². The maximum absolute atomic E-state index is 12.3. The SMILES string of the molecule is CCCS(=O)(=O)N1CCC(NC(=NCC2(c3cccc(Cl)c3)CC2)NCC)CC1. The molecule has 6 nitrogen and oxygen atoms in total.